The van der Waals surface area contributed by atoms with Crippen LogP contribution in [0.2, 0.25) is 0 Å². The molecule has 3 nitrogen and oxygen atoms in total. The van der Waals surface area contributed by atoms with Crippen LogP contribution in [-0.2, 0) is 7.05 Å². The quantitative estimate of drug-likeness (QED) is 0.875. The monoisotopic (exact) mass is 253 g/mol. The Morgan fingerprint density at radius 2 is 2.23 bits per heavy atom. The molecule has 0 aliphatic carbocycles. The van der Waals surface area contributed by atoms with Gasteiger partial charge in [0.1, 0.15) is 6.04 Å². The van der Waals surface area contributed by atoms with Crippen molar-refractivity contribution in [3.8, 4) is 0 Å². The summed E-state index contributed by atoms with van der Waals surface area (Å²) in [6, 6.07) is -1.34. The molecule has 0 bridgehead atoms. The number of hydrogen-bond donors (Lipinski definition) is 1. The largest absolute Gasteiger partial charge is 0.318 e. The molecule has 6 heteroatoms. The van der Waals surface area contributed by atoms with E-state index in [0.717, 1.165) is 6.92 Å². The van der Waals surface area contributed by atoms with Crippen LogP contribution in [0.25, 0.3) is 0 Å². The first-order chi connectivity index (χ1) is 5.84. The van der Waals surface area contributed by atoms with E-state index in [1.54, 1.807) is 7.05 Å². The summed E-state index contributed by atoms with van der Waals surface area (Å²) in [5.41, 5.74) is 5.68. The van der Waals surface area contributed by atoms with E-state index in [-0.39, 0.29) is 0 Å². The van der Waals surface area contributed by atoms with Crippen molar-refractivity contribution in [1.82, 2.24) is 9.78 Å². The van der Waals surface area contributed by atoms with Crippen molar-refractivity contribution in [3.63, 3.8) is 0 Å². The summed E-state index contributed by atoms with van der Waals surface area (Å²) in [7, 11) is 1.58. The molecule has 0 aliphatic rings. The van der Waals surface area contributed by atoms with E-state index < -0.39 is 12.0 Å². The highest BCUT2D eigenvalue weighted by Gasteiger charge is 2.35. The molecular formula is C7H10BrF2N3. The number of rotatable bonds is 2. The van der Waals surface area contributed by atoms with Crippen molar-refractivity contribution < 1.29 is 8.78 Å². The summed E-state index contributed by atoms with van der Waals surface area (Å²) in [5.74, 6) is -2.95. The Balaban J connectivity index is 3.08. The van der Waals surface area contributed by atoms with Gasteiger partial charge in [0.2, 0.25) is 0 Å². The third-order valence-corrected chi connectivity index (χ3v) is 2.39. The average molecular weight is 254 g/mol. The fourth-order valence-electron chi connectivity index (χ4n) is 1.01. The molecule has 13 heavy (non-hydrogen) atoms. The summed E-state index contributed by atoms with van der Waals surface area (Å²) in [5, 5.41) is 3.81. The van der Waals surface area contributed by atoms with Gasteiger partial charge in [0.25, 0.3) is 5.92 Å². The van der Waals surface area contributed by atoms with E-state index >= 15 is 0 Å². The van der Waals surface area contributed by atoms with Gasteiger partial charge in [-0.2, -0.15) is 5.10 Å². The van der Waals surface area contributed by atoms with Crippen molar-refractivity contribution in [2.24, 2.45) is 12.8 Å². The van der Waals surface area contributed by atoms with Gasteiger partial charge >= 0.3 is 0 Å². The Kier molecular flexibility index (Phi) is 2.72. The second-order valence-electron chi connectivity index (χ2n) is 2.94. The lowest BCUT2D eigenvalue weighted by molar-refractivity contribution is -0.00878. The maximum absolute atomic E-state index is 12.9. The molecule has 0 saturated heterocycles. The van der Waals surface area contributed by atoms with Crippen LogP contribution < -0.4 is 5.73 Å². The molecule has 2 N–H and O–H groups in total. The van der Waals surface area contributed by atoms with Gasteiger partial charge in [0.05, 0.1) is 16.4 Å². The summed E-state index contributed by atoms with van der Waals surface area (Å²) in [4.78, 5) is 0. The molecule has 1 atom stereocenters. The Hall–Kier alpha value is -0.490. The topological polar surface area (TPSA) is 43.8 Å². The second kappa shape index (κ2) is 3.34. The lowest BCUT2D eigenvalue weighted by atomic mass is 10.1. The van der Waals surface area contributed by atoms with Gasteiger partial charge in [0, 0.05) is 14.0 Å². The van der Waals surface area contributed by atoms with Crippen LogP contribution in [-0.4, -0.2) is 15.7 Å². The van der Waals surface area contributed by atoms with Gasteiger partial charge in [-0.25, -0.2) is 8.78 Å². The van der Waals surface area contributed by atoms with Crippen molar-refractivity contribution >= 4 is 15.9 Å². The molecule has 0 aliphatic heterocycles. The van der Waals surface area contributed by atoms with Gasteiger partial charge < -0.3 is 5.73 Å². The maximum Gasteiger partial charge on any atom is 0.265 e. The van der Waals surface area contributed by atoms with E-state index in [1.165, 1.54) is 10.9 Å². The molecule has 0 spiro atoms. The Morgan fingerprint density at radius 3 is 2.54 bits per heavy atom. The molecule has 0 radical (unpaired) electrons. The molecule has 1 heterocycles. The summed E-state index contributed by atoms with van der Waals surface area (Å²) < 4.78 is 27.5. The van der Waals surface area contributed by atoms with Crippen LogP contribution in [0.4, 0.5) is 8.78 Å². The molecule has 0 fully saturated rings. The fraction of sp³-hybridized carbons (Fsp3) is 0.571. The fourth-order valence-corrected chi connectivity index (χ4v) is 1.60. The van der Waals surface area contributed by atoms with E-state index in [4.69, 9.17) is 5.73 Å². The van der Waals surface area contributed by atoms with Crippen molar-refractivity contribution in [3.05, 3.63) is 16.4 Å². The number of halogens is 3. The minimum absolute atomic E-state index is 0.299. The summed E-state index contributed by atoms with van der Waals surface area (Å²) in [6.45, 7) is 0.789. The zero-order valence-corrected chi connectivity index (χ0v) is 8.85. The van der Waals surface area contributed by atoms with Crippen LogP contribution in [0, 0.1) is 0 Å². The highest BCUT2D eigenvalue weighted by Crippen LogP contribution is 2.32. The number of aromatic nitrogens is 2. The maximum atomic E-state index is 12.9. The normalized spacial score (nSPS) is 14.6. The summed E-state index contributed by atoms with van der Waals surface area (Å²) >= 11 is 3.11. The van der Waals surface area contributed by atoms with Crippen LogP contribution in [0.15, 0.2) is 10.7 Å². The highest BCUT2D eigenvalue weighted by molar-refractivity contribution is 9.10. The van der Waals surface area contributed by atoms with Gasteiger partial charge in [-0.3, -0.25) is 4.68 Å². The average Bonchev–Trinajstić information content (AvgIpc) is 2.28. The van der Waals surface area contributed by atoms with E-state index in [0.29, 0.717) is 10.2 Å². The van der Waals surface area contributed by atoms with Gasteiger partial charge in [-0.1, -0.05) is 0 Å². The van der Waals surface area contributed by atoms with Gasteiger partial charge in [-0.15, -0.1) is 0 Å². The molecule has 0 saturated carbocycles. The second-order valence-corrected chi connectivity index (χ2v) is 3.79. The number of aryl methyl sites for hydroxylation is 1. The first-order valence-corrected chi connectivity index (χ1v) is 4.44. The van der Waals surface area contributed by atoms with Crippen molar-refractivity contribution in [1.29, 1.82) is 0 Å². The van der Waals surface area contributed by atoms with Crippen molar-refractivity contribution in [2.75, 3.05) is 0 Å². The third kappa shape index (κ3) is 2.05. The molecule has 0 aromatic carbocycles. The molecular weight excluding hydrogens is 244 g/mol. The lowest BCUT2D eigenvalue weighted by Gasteiger charge is -2.19. The lowest BCUT2D eigenvalue weighted by Crippen LogP contribution is -2.31. The van der Waals surface area contributed by atoms with Crippen LogP contribution >= 0.6 is 15.9 Å². The first-order valence-electron chi connectivity index (χ1n) is 3.65. The Bertz CT molecular complexity index is 286. The molecule has 1 unspecified atom stereocenters. The number of nitrogens with zero attached hydrogens (tertiary/aromatic N) is 2. The highest BCUT2D eigenvalue weighted by atomic mass is 79.9. The SMILES string of the molecule is Cn1ncc(Br)c1C(N)C(C)(F)F. The van der Waals surface area contributed by atoms with Crippen LogP contribution in [0.3, 0.4) is 0 Å². The van der Waals surface area contributed by atoms with Crippen LogP contribution in [0.5, 0.6) is 0 Å². The van der Waals surface area contributed by atoms with E-state index in [9.17, 15) is 8.78 Å². The van der Waals surface area contributed by atoms with E-state index in [2.05, 4.69) is 21.0 Å². The Labute approximate surface area is 83.0 Å². The van der Waals surface area contributed by atoms with E-state index in [1.807, 2.05) is 0 Å². The van der Waals surface area contributed by atoms with Crippen molar-refractivity contribution in [2.45, 2.75) is 18.9 Å². The molecule has 1 aromatic rings. The molecule has 74 valence electrons. The summed E-state index contributed by atoms with van der Waals surface area (Å²) in [6.07, 6.45) is 1.45. The van der Waals surface area contributed by atoms with Gasteiger partial charge in [0.15, 0.2) is 0 Å². The smallest absolute Gasteiger partial charge is 0.265 e. The third-order valence-electron chi connectivity index (χ3n) is 1.78. The standard InChI is InChI=1S/C7H10BrF2N3/c1-7(9,10)6(11)5-4(8)3-12-13(5)2/h3,6H,11H2,1-2H3. The molecule has 1 aromatic heterocycles. The minimum atomic E-state index is -2.95. The molecule has 0 amide bonds. The number of nitrogens with two attached hydrogens (primary N) is 1. The zero-order valence-electron chi connectivity index (χ0n) is 7.26. The Morgan fingerprint density at radius 1 is 1.69 bits per heavy atom. The minimum Gasteiger partial charge on any atom is -0.318 e. The predicted octanol–water partition coefficient (Wildman–Crippen LogP) is 1.84. The number of hydrogen-bond acceptors (Lipinski definition) is 2. The van der Waals surface area contributed by atoms with Crippen LogP contribution in [0.1, 0.15) is 18.7 Å². The first kappa shape index (κ1) is 10.6. The number of alkyl halides is 2. The van der Waals surface area contributed by atoms with Gasteiger partial charge in [-0.05, 0) is 15.9 Å². The molecule has 1 rings (SSSR count). The zero-order chi connectivity index (χ0) is 10.2. The predicted molar refractivity (Wildman–Crippen MR) is 48.5 cm³/mol.